The highest BCUT2D eigenvalue weighted by Gasteiger charge is 2.22. The molecule has 6 nitrogen and oxygen atoms in total. The maximum atomic E-state index is 12.9. The van der Waals surface area contributed by atoms with Crippen molar-refractivity contribution in [2.24, 2.45) is 5.92 Å². The number of anilines is 1. The second-order valence-corrected chi connectivity index (χ2v) is 7.05. The highest BCUT2D eigenvalue weighted by Crippen LogP contribution is 2.20. The summed E-state index contributed by atoms with van der Waals surface area (Å²) in [6.45, 7) is 8.54. The van der Waals surface area contributed by atoms with E-state index in [-0.39, 0.29) is 23.3 Å². The molecular formula is C21H24N4O2. The second kappa shape index (κ2) is 7.61. The van der Waals surface area contributed by atoms with E-state index in [2.05, 4.69) is 15.6 Å². The summed E-state index contributed by atoms with van der Waals surface area (Å²) in [6, 6.07) is 11.2. The Kier molecular flexibility index (Phi) is 5.26. The van der Waals surface area contributed by atoms with Crippen molar-refractivity contribution in [2.75, 3.05) is 11.9 Å². The zero-order valence-electron chi connectivity index (χ0n) is 16.0. The molecule has 3 aromatic rings. The molecule has 2 heterocycles. The number of hydrogen-bond acceptors (Lipinski definition) is 3. The van der Waals surface area contributed by atoms with Gasteiger partial charge in [-0.2, -0.15) is 0 Å². The maximum Gasteiger partial charge on any atom is 0.287 e. The van der Waals surface area contributed by atoms with Crippen LogP contribution in [-0.4, -0.2) is 27.7 Å². The smallest absolute Gasteiger partial charge is 0.287 e. The molecule has 0 aliphatic heterocycles. The third kappa shape index (κ3) is 3.84. The summed E-state index contributed by atoms with van der Waals surface area (Å²) in [5.74, 6) is -0.101. The lowest BCUT2D eigenvalue weighted by molar-refractivity contribution is 0.0938. The first-order chi connectivity index (χ1) is 12.9. The molecule has 27 heavy (non-hydrogen) atoms. The molecule has 0 aliphatic rings. The molecule has 0 aliphatic carbocycles. The summed E-state index contributed by atoms with van der Waals surface area (Å²) in [5, 5.41) is 5.77. The Balaban J connectivity index is 1.96. The van der Waals surface area contributed by atoms with E-state index in [1.165, 1.54) is 0 Å². The van der Waals surface area contributed by atoms with Crippen LogP contribution in [0.5, 0.6) is 0 Å². The largest absolute Gasteiger partial charge is 0.349 e. The van der Waals surface area contributed by atoms with Gasteiger partial charge in [0, 0.05) is 18.4 Å². The Bertz CT molecular complexity index is 1000. The average molecular weight is 364 g/mol. The number of fused-ring (bicyclic) bond motifs is 1. The zero-order valence-corrected chi connectivity index (χ0v) is 16.0. The Morgan fingerprint density at radius 1 is 1.07 bits per heavy atom. The van der Waals surface area contributed by atoms with Gasteiger partial charge in [0.25, 0.3) is 11.8 Å². The summed E-state index contributed by atoms with van der Waals surface area (Å²) in [4.78, 5) is 29.8. The van der Waals surface area contributed by atoms with Crippen molar-refractivity contribution in [1.29, 1.82) is 0 Å². The number of benzene rings is 1. The summed E-state index contributed by atoms with van der Waals surface area (Å²) < 4.78 is 1.65. The topological polar surface area (TPSA) is 75.5 Å². The minimum Gasteiger partial charge on any atom is -0.349 e. The summed E-state index contributed by atoms with van der Waals surface area (Å²) in [7, 11) is 0. The number of carbonyl (C=O) groups is 2. The first-order valence-electron chi connectivity index (χ1n) is 9.01. The maximum absolute atomic E-state index is 12.9. The van der Waals surface area contributed by atoms with E-state index in [1.54, 1.807) is 22.7 Å². The third-order valence-electron chi connectivity index (χ3n) is 4.49. The van der Waals surface area contributed by atoms with Crippen LogP contribution in [0.2, 0.25) is 0 Å². The average Bonchev–Trinajstić information content (AvgIpc) is 3.03. The van der Waals surface area contributed by atoms with E-state index < -0.39 is 0 Å². The molecule has 0 atom stereocenters. The van der Waals surface area contributed by atoms with Crippen molar-refractivity contribution in [2.45, 2.75) is 27.7 Å². The van der Waals surface area contributed by atoms with Crippen LogP contribution in [0.1, 0.15) is 46.1 Å². The highest BCUT2D eigenvalue weighted by atomic mass is 16.2. The SMILES string of the molecule is Cc1cccc(NC(=O)c2nc(C(=O)NCC(C)C)n3ccccc23)c1C. The Morgan fingerprint density at radius 2 is 1.85 bits per heavy atom. The first kappa shape index (κ1) is 18.6. The molecule has 2 aromatic heterocycles. The van der Waals surface area contributed by atoms with Gasteiger partial charge in [0.15, 0.2) is 5.69 Å². The zero-order chi connectivity index (χ0) is 19.6. The number of nitrogens with zero attached hydrogens (tertiary/aromatic N) is 2. The molecule has 0 radical (unpaired) electrons. The number of rotatable bonds is 5. The molecule has 0 bridgehead atoms. The van der Waals surface area contributed by atoms with Gasteiger partial charge in [-0.15, -0.1) is 0 Å². The summed E-state index contributed by atoms with van der Waals surface area (Å²) in [5.41, 5.74) is 3.66. The van der Waals surface area contributed by atoms with E-state index in [0.29, 0.717) is 18.0 Å². The van der Waals surface area contributed by atoms with Gasteiger partial charge in [-0.25, -0.2) is 4.98 Å². The van der Waals surface area contributed by atoms with E-state index in [1.807, 2.05) is 52.0 Å². The molecule has 0 saturated carbocycles. The second-order valence-electron chi connectivity index (χ2n) is 7.05. The molecule has 3 rings (SSSR count). The van der Waals surface area contributed by atoms with Crippen LogP contribution in [-0.2, 0) is 0 Å². The third-order valence-corrected chi connectivity index (χ3v) is 4.49. The minimum atomic E-state index is -0.338. The van der Waals surface area contributed by atoms with Crippen molar-refractivity contribution in [3.8, 4) is 0 Å². The standard InChI is InChI=1S/C21H24N4O2/c1-13(2)12-22-21(27)19-24-18(17-10-5-6-11-25(17)19)20(26)23-16-9-7-8-14(3)15(16)4/h5-11,13H,12H2,1-4H3,(H,22,27)(H,23,26). The predicted octanol–water partition coefficient (Wildman–Crippen LogP) is 3.59. The number of pyridine rings is 1. The lowest BCUT2D eigenvalue weighted by atomic mass is 10.1. The van der Waals surface area contributed by atoms with Crippen molar-refractivity contribution in [1.82, 2.24) is 14.7 Å². The van der Waals surface area contributed by atoms with Crippen LogP contribution >= 0.6 is 0 Å². The van der Waals surface area contributed by atoms with E-state index >= 15 is 0 Å². The van der Waals surface area contributed by atoms with E-state index in [9.17, 15) is 9.59 Å². The number of aromatic nitrogens is 2. The molecular weight excluding hydrogens is 340 g/mol. The van der Waals surface area contributed by atoms with Gasteiger partial charge in [-0.05, 0) is 49.1 Å². The van der Waals surface area contributed by atoms with Gasteiger partial charge in [-0.1, -0.05) is 32.0 Å². The lowest BCUT2D eigenvalue weighted by Crippen LogP contribution is -2.29. The van der Waals surface area contributed by atoms with Gasteiger partial charge >= 0.3 is 0 Å². The fourth-order valence-electron chi connectivity index (χ4n) is 2.81. The number of carbonyl (C=O) groups excluding carboxylic acids is 2. The molecule has 2 amide bonds. The van der Waals surface area contributed by atoms with Crippen LogP contribution < -0.4 is 10.6 Å². The summed E-state index contributed by atoms with van der Waals surface area (Å²) >= 11 is 0. The van der Waals surface area contributed by atoms with Crippen molar-refractivity contribution >= 4 is 23.0 Å². The Hall–Kier alpha value is -3.15. The van der Waals surface area contributed by atoms with Gasteiger partial charge in [0.05, 0.1) is 5.52 Å². The number of hydrogen-bond donors (Lipinski definition) is 2. The minimum absolute atomic E-state index is 0.206. The Morgan fingerprint density at radius 3 is 2.59 bits per heavy atom. The van der Waals surface area contributed by atoms with Crippen LogP contribution in [0.15, 0.2) is 42.6 Å². The Labute approximate surface area is 158 Å². The van der Waals surface area contributed by atoms with Crippen LogP contribution in [0.25, 0.3) is 5.52 Å². The monoisotopic (exact) mass is 364 g/mol. The van der Waals surface area contributed by atoms with Crippen LogP contribution in [0, 0.1) is 19.8 Å². The molecule has 0 saturated heterocycles. The molecule has 0 fully saturated rings. The van der Waals surface area contributed by atoms with Gasteiger partial charge in [-0.3, -0.25) is 14.0 Å². The lowest BCUT2D eigenvalue weighted by Gasteiger charge is -2.09. The molecule has 0 unspecified atom stereocenters. The van der Waals surface area contributed by atoms with E-state index in [4.69, 9.17) is 0 Å². The van der Waals surface area contributed by atoms with Crippen molar-refractivity contribution in [3.63, 3.8) is 0 Å². The van der Waals surface area contributed by atoms with Crippen molar-refractivity contribution < 1.29 is 9.59 Å². The number of aryl methyl sites for hydroxylation is 1. The van der Waals surface area contributed by atoms with E-state index in [0.717, 1.165) is 16.8 Å². The van der Waals surface area contributed by atoms with Crippen LogP contribution in [0.3, 0.4) is 0 Å². The first-order valence-corrected chi connectivity index (χ1v) is 9.01. The molecule has 2 N–H and O–H groups in total. The molecule has 140 valence electrons. The van der Waals surface area contributed by atoms with Gasteiger partial charge in [0.2, 0.25) is 5.82 Å². The molecule has 0 spiro atoms. The normalized spacial score (nSPS) is 11.0. The fourth-order valence-corrected chi connectivity index (χ4v) is 2.81. The molecule has 1 aromatic carbocycles. The quantitative estimate of drug-likeness (QED) is 0.726. The summed E-state index contributed by atoms with van der Waals surface area (Å²) in [6.07, 6.45) is 1.74. The van der Waals surface area contributed by atoms with Gasteiger partial charge < -0.3 is 10.6 Å². The fraction of sp³-hybridized carbons (Fsp3) is 0.286. The van der Waals surface area contributed by atoms with Crippen LogP contribution in [0.4, 0.5) is 5.69 Å². The highest BCUT2D eigenvalue weighted by molar-refractivity contribution is 6.09. The van der Waals surface area contributed by atoms with Crippen molar-refractivity contribution in [3.05, 3.63) is 65.2 Å². The predicted molar refractivity (Wildman–Crippen MR) is 106 cm³/mol. The van der Waals surface area contributed by atoms with Gasteiger partial charge in [0.1, 0.15) is 0 Å². The number of imidazole rings is 1. The molecule has 6 heteroatoms. The number of amides is 2. The number of nitrogens with one attached hydrogen (secondary N) is 2.